The number of morpholine rings is 1. The first-order valence-corrected chi connectivity index (χ1v) is 8.54. The molecule has 1 heterocycles. The van der Waals surface area contributed by atoms with Crippen LogP contribution in [-0.4, -0.2) is 54.4 Å². The molecule has 3 rings (SSSR count). The van der Waals surface area contributed by atoms with Gasteiger partial charge in [-0.3, -0.25) is 9.69 Å². The second-order valence-electron chi connectivity index (χ2n) is 6.54. The summed E-state index contributed by atoms with van der Waals surface area (Å²) in [7, 11) is 0. The molecule has 2 N–H and O–H groups in total. The van der Waals surface area contributed by atoms with Gasteiger partial charge in [0, 0.05) is 25.0 Å². The zero-order valence-corrected chi connectivity index (χ0v) is 13.5. The highest BCUT2D eigenvalue weighted by atomic mass is 16.5. The fraction of sp³-hybridized carbons (Fsp3) is 0.611. The third-order valence-electron chi connectivity index (χ3n) is 4.99. The predicted octanol–water partition coefficient (Wildman–Crippen LogP) is 1.16. The van der Waals surface area contributed by atoms with Gasteiger partial charge in [-0.1, -0.05) is 36.8 Å². The Kier molecular flexibility index (Phi) is 5.65. The second-order valence-corrected chi connectivity index (χ2v) is 6.54. The van der Waals surface area contributed by atoms with Crippen molar-refractivity contribution < 1.29 is 14.6 Å². The van der Waals surface area contributed by atoms with E-state index in [2.05, 4.69) is 10.2 Å². The number of benzene rings is 1. The van der Waals surface area contributed by atoms with Crippen molar-refractivity contribution >= 4 is 5.91 Å². The fourth-order valence-electron chi connectivity index (χ4n) is 3.70. The van der Waals surface area contributed by atoms with Crippen LogP contribution in [0.1, 0.15) is 24.8 Å². The predicted molar refractivity (Wildman–Crippen MR) is 87.8 cm³/mol. The van der Waals surface area contributed by atoms with Crippen LogP contribution >= 0.6 is 0 Å². The van der Waals surface area contributed by atoms with Crippen LogP contribution in [0.3, 0.4) is 0 Å². The molecule has 0 unspecified atom stereocenters. The van der Waals surface area contributed by atoms with Gasteiger partial charge in [-0.2, -0.15) is 0 Å². The molecule has 1 saturated heterocycles. The molecule has 1 aliphatic heterocycles. The van der Waals surface area contributed by atoms with Crippen molar-refractivity contribution in [2.75, 3.05) is 26.3 Å². The fourth-order valence-corrected chi connectivity index (χ4v) is 3.70. The molecule has 0 bridgehead atoms. The third kappa shape index (κ3) is 4.31. The Morgan fingerprint density at radius 2 is 2.13 bits per heavy atom. The van der Waals surface area contributed by atoms with Gasteiger partial charge in [0.2, 0.25) is 5.91 Å². The Labute approximate surface area is 137 Å². The minimum absolute atomic E-state index is 0.0354. The maximum absolute atomic E-state index is 12.3. The number of nitrogens with zero attached hydrogens (tertiary/aromatic N) is 1. The number of carbonyl (C=O) groups is 1. The van der Waals surface area contributed by atoms with Crippen LogP contribution in [0.4, 0.5) is 0 Å². The largest absolute Gasteiger partial charge is 0.393 e. The van der Waals surface area contributed by atoms with Gasteiger partial charge in [0.15, 0.2) is 0 Å². The van der Waals surface area contributed by atoms with Crippen molar-refractivity contribution in [2.45, 2.75) is 38.0 Å². The summed E-state index contributed by atoms with van der Waals surface area (Å²) >= 11 is 0. The average molecular weight is 318 g/mol. The summed E-state index contributed by atoms with van der Waals surface area (Å²) in [5.41, 5.74) is 1.10. The Hall–Kier alpha value is -1.43. The summed E-state index contributed by atoms with van der Waals surface area (Å²) in [5, 5.41) is 13.1. The van der Waals surface area contributed by atoms with Crippen LogP contribution in [0, 0.1) is 5.92 Å². The highest BCUT2D eigenvalue weighted by Crippen LogP contribution is 2.32. The number of carbonyl (C=O) groups excluding carboxylic acids is 1. The van der Waals surface area contributed by atoms with E-state index >= 15 is 0 Å². The molecule has 1 aromatic carbocycles. The lowest BCUT2D eigenvalue weighted by atomic mass is 9.94. The van der Waals surface area contributed by atoms with Crippen LogP contribution in [-0.2, 0) is 16.1 Å². The number of ether oxygens (including phenoxy) is 1. The summed E-state index contributed by atoms with van der Waals surface area (Å²) < 4.78 is 5.60. The second kappa shape index (κ2) is 7.90. The lowest BCUT2D eigenvalue weighted by molar-refractivity contribution is -0.126. The van der Waals surface area contributed by atoms with Gasteiger partial charge in [-0.05, 0) is 18.4 Å². The van der Waals surface area contributed by atoms with Crippen molar-refractivity contribution in [2.24, 2.45) is 5.92 Å². The maximum Gasteiger partial charge on any atom is 0.234 e. The summed E-state index contributed by atoms with van der Waals surface area (Å²) in [6.07, 6.45) is 2.71. The van der Waals surface area contributed by atoms with E-state index in [0.29, 0.717) is 26.3 Å². The number of rotatable bonds is 5. The van der Waals surface area contributed by atoms with E-state index in [4.69, 9.17) is 4.74 Å². The minimum atomic E-state index is -0.253. The molecule has 0 radical (unpaired) electrons. The summed E-state index contributed by atoms with van der Waals surface area (Å²) in [6.45, 7) is 2.97. The first-order chi connectivity index (χ1) is 11.2. The number of aliphatic hydroxyl groups is 1. The molecule has 0 aromatic heterocycles. The summed E-state index contributed by atoms with van der Waals surface area (Å²) in [4.78, 5) is 14.5. The zero-order valence-electron chi connectivity index (χ0n) is 13.5. The number of hydrogen-bond acceptors (Lipinski definition) is 4. The lowest BCUT2D eigenvalue weighted by Gasteiger charge is -2.39. The van der Waals surface area contributed by atoms with E-state index in [9.17, 15) is 9.90 Å². The number of hydrogen-bond donors (Lipinski definition) is 2. The molecule has 23 heavy (non-hydrogen) atoms. The maximum atomic E-state index is 12.3. The first kappa shape index (κ1) is 16.4. The molecule has 5 heteroatoms. The van der Waals surface area contributed by atoms with E-state index in [1.165, 1.54) is 0 Å². The van der Waals surface area contributed by atoms with Gasteiger partial charge in [-0.15, -0.1) is 0 Å². The molecule has 2 aliphatic rings. The molecule has 5 nitrogen and oxygen atoms in total. The summed E-state index contributed by atoms with van der Waals surface area (Å²) in [6, 6.07) is 10.1. The SMILES string of the molecule is O=C(CN1CCOC[C@@H]1[C@H]1CCC[C@@H]1O)NCc1ccccc1. The Morgan fingerprint density at radius 3 is 2.87 bits per heavy atom. The van der Waals surface area contributed by atoms with E-state index in [1.54, 1.807) is 0 Å². The van der Waals surface area contributed by atoms with Crippen molar-refractivity contribution in [1.29, 1.82) is 0 Å². The molecule has 1 saturated carbocycles. The van der Waals surface area contributed by atoms with Crippen molar-refractivity contribution in [3.05, 3.63) is 35.9 Å². The summed E-state index contributed by atoms with van der Waals surface area (Å²) in [5.74, 6) is 0.269. The minimum Gasteiger partial charge on any atom is -0.393 e. The number of aliphatic hydroxyl groups excluding tert-OH is 1. The molecule has 1 aliphatic carbocycles. The van der Waals surface area contributed by atoms with E-state index < -0.39 is 0 Å². The number of amides is 1. The Balaban J connectivity index is 1.53. The monoisotopic (exact) mass is 318 g/mol. The van der Waals surface area contributed by atoms with E-state index in [-0.39, 0.29) is 24.0 Å². The quantitative estimate of drug-likeness (QED) is 0.855. The Bertz CT molecular complexity index is 508. The van der Waals surface area contributed by atoms with E-state index in [1.807, 2.05) is 30.3 Å². The van der Waals surface area contributed by atoms with Crippen molar-refractivity contribution in [3.63, 3.8) is 0 Å². The normalized spacial score (nSPS) is 28.7. The smallest absolute Gasteiger partial charge is 0.234 e. The highest BCUT2D eigenvalue weighted by molar-refractivity contribution is 5.78. The van der Waals surface area contributed by atoms with Gasteiger partial charge < -0.3 is 15.2 Å². The molecule has 3 atom stereocenters. The van der Waals surface area contributed by atoms with Gasteiger partial charge in [0.25, 0.3) is 0 Å². The van der Waals surface area contributed by atoms with Crippen LogP contribution in [0.15, 0.2) is 30.3 Å². The van der Waals surface area contributed by atoms with Crippen LogP contribution in [0.2, 0.25) is 0 Å². The third-order valence-corrected chi connectivity index (χ3v) is 4.99. The van der Waals surface area contributed by atoms with Crippen LogP contribution < -0.4 is 5.32 Å². The topological polar surface area (TPSA) is 61.8 Å². The standard InChI is InChI=1S/C18H26N2O3/c21-17-8-4-7-15(17)16-13-23-10-9-20(16)12-18(22)19-11-14-5-2-1-3-6-14/h1-3,5-6,15-17,21H,4,7-13H2,(H,19,22)/t15-,16-,17+/m1/s1. The molecule has 1 aromatic rings. The molecule has 0 spiro atoms. The zero-order chi connectivity index (χ0) is 16.1. The van der Waals surface area contributed by atoms with Crippen molar-refractivity contribution in [3.8, 4) is 0 Å². The Morgan fingerprint density at radius 1 is 1.30 bits per heavy atom. The van der Waals surface area contributed by atoms with E-state index in [0.717, 1.165) is 31.4 Å². The molecule has 126 valence electrons. The molecule has 2 fully saturated rings. The van der Waals surface area contributed by atoms with Crippen LogP contribution in [0.25, 0.3) is 0 Å². The number of nitrogens with one attached hydrogen (secondary N) is 1. The lowest BCUT2D eigenvalue weighted by Crippen LogP contribution is -2.53. The van der Waals surface area contributed by atoms with Crippen LogP contribution in [0.5, 0.6) is 0 Å². The average Bonchev–Trinajstić information content (AvgIpc) is 3.00. The highest BCUT2D eigenvalue weighted by Gasteiger charge is 2.38. The van der Waals surface area contributed by atoms with Gasteiger partial charge in [0.05, 0.1) is 25.9 Å². The molecule has 1 amide bonds. The molecular formula is C18H26N2O3. The van der Waals surface area contributed by atoms with Gasteiger partial charge in [0.1, 0.15) is 0 Å². The van der Waals surface area contributed by atoms with Crippen molar-refractivity contribution in [1.82, 2.24) is 10.2 Å². The van der Waals surface area contributed by atoms with Gasteiger partial charge >= 0.3 is 0 Å². The first-order valence-electron chi connectivity index (χ1n) is 8.54. The van der Waals surface area contributed by atoms with Gasteiger partial charge in [-0.25, -0.2) is 0 Å². The molecular weight excluding hydrogens is 292 g/mol.